The highest BCUT2D eigenvalue weighted by molar-refractivity contribution is 7.84. The molecule has 1 heterocycles. The van der Waals surface area contributed by atoms with Crippen LogP contribution in [-0.2, 0) is 17.3 Å². The number of Topliss-reactive ketones (excluding diaryl/α,β-unsaturated/α-hetero) is 1. The number of hydrogen-bond acceptors (Lipinski definition) is 4. The van der Waals surface area contributed by atoms with Gasteiger partial charge in [0.25, 0.3) is 0 Å². The Morgan fingerprint density at radius 1 is 1.22 bits per heavy atom. The number of carbonyl (C=O) groups is 1. The molecule has 2 aromatic rings. The lowest BCUT2D eigenvalue weighted by molar-refractivity contribution is 0.0969. The highest BCUT2D eigenvalue weighted by Crippen LogP contribution is 2.32. The summed E-state index contributed by atoms with van der Waals surface area (Å²) >= 11 is 0. The molecule has 122 valence electrons. The first kappa shape index (κ1) is 16.1. The van der Waals surface area contributed by atoms with Gasteiger partial charge in [0, 0.05) is 11.8 Å². The molecule has 0 radical (unpaired) electrons. The van der Waals surface area contributed by atoms with Gasteiger partial charge in [-0.3, -0.25) is 13.6 Å². The largest absolute Gasteiger partial charge is 0.299 e. The van der Waals surface area contributed by atoms with Gasteiger partial charge in [-0.15, -0.1) is 10.2 Å². The molecule has 1 fully saturated rings. The third-order valence-electron chi connectivity index (χ3n) is 4.46. The first-order valence-corrected chi connectivity index (χ1v) is 9.55. The monoisotopic (exact) mass is 331 g/mol. The van der Waals surface area contributed by atoms with Crippen LogP contribution in [0.4, 0.5) is 0 Å². The minimum atomic E-state index is -1.25. The molecule has 0 N–H and O–H groups in total. The third-order valence-corrected chi connectivity index (χ3v) is 5.29. The Labute approximate surface area is 138 Å². The van der Waals surface area contributed by atoms with Crippen molar-refractivity contribution in [2.45, 2.75) is 49.7 Å². The maximum atomic E-state index is 12.4. The van der Waals surface area contributed by atoms with E-state index in [4.69, 9.17) is 0 Å². The van der Waals surface area contributed by atoms with Crippen molar-refractivity contribution in [3.63, 3.8) is 0 Å². The van der Waals surface area contributed by atoms with Crippen LogP contribution in [0.2, 0.25) is 0 Å². The standard InChI is InChI=1S/C17H21N3O2S/c1-23(22)17-19-18-12-20(17)11-16(21)15-9-7-14(8-10-15)13-5-3-2-4-6-13/h7-10,12-13H,2-6,11H2,1H3. The molecule has 0 bridgehead atoms. The van der Waals surface area contributed by atoms with Gasteiger partial charge < -0.3 is 0 Å². The number of benzene rings is 1. The molecule has 1 aromatic heterocycles. The Bertz CT molecular complexity index is 703. The van der Waals surface area contributed by atoms with E-state index < -0.39 is 10.8 Å². The number of carbonyl (C=O) groups excluding carboxylic acids is 1. The smallest absolute Gasteiger partial charge is 0.221 e. The van der Waals surface area contributed by atoms with Crippen molar-refractivity contribution in [1.82, 2.24) is 14.8 Å². The number of rotatable bonds is 5. The predicted molar refractivity (Wildman–Crippen MR) is 89.0 cm³/mol. The number of aromatic nitrogens is 3. The second kappa shape index (κ2) is 7.17. The molecule has 3 rings (SSSR count). The summed E-state index contributed by atoms with van der Waals surface area (Å²) in [6.07, 6.45) is 9.42. The molecule has 1 unspecified atom stereocenters. The highest BCUT2D eigenvalue weighted by Gasteiger charge is 2.17. The molecule has 5 nitrogen and oxygen atoms in total. The van der Waals surface area contributed by atoms with Gasteiger partial charge in [-0.05, 0) is 24.3 Å². The zero-order valence-corrected chi connectivity index (χ0v) is 14.1. The number of ketones is 1. The van der Waals surface area contributed by atoms with Crippen LogP contribution in [0.15, 0.2) is 35.7 Å². The summed E-state index contributed by atoms with van der Waals surface area (Å²) in [4.78, 5) is 12.4. The molecular formula is C17H21N3O2S. The summed E-state index contributed by atoms with van der Waals surface area (Å²) in [6.45, 7) is 0.116. The normalized spacial score (nSPS) is 17.1. The summed E-state index contributed by atoms with van der Waals surface area (Å²) in [5.41, 5.74) is 2.01. The summed E-state index contributed by atoms with van der Waals surface area (Å²) < 4.78 is 13.1. The van der Waals surface area contributed by atoms with Crippen molar-refractivity contribution < 1.29 is 9.00 Å². The van der Waals surface area contributed by atoms with Crippen molar-refractivity contribution in [1.29, 1.82) is 0 Å². The van der Waals surface area contributed by atoms with E-state index in [0.29, 0.717) is 16.6 Å². The Morgan fingerprint density at radius 2 is 1.91 bits per heavy atom. The second-order valence-electron chi connectivity index (χ2n) is 6.08. The van der Waals surface area contributed by atoms with Crippen LogP contribution < -0.4 is 0 Å². The van der Waals surface area contributed by atoms with Crippen LogP contribution in [0.1, 0.15) is 53.9 Å². The van der Waals surface area contributed by atoms with Crippen molar-refractivity contribution in [3.8, 4) is 0 Å². The van der Waals surface area contributed by atoms with Gasteiger partial charge >= 0.3 is 0 Å². The fraction of sp³-hybridized carbons (Fsp3) is 0.471. The molecule has 1 atom stereocenters. The molecule has 1 aliphatic carbocycles. The molecule has 0 amide bonds. The lowest BCUT2D eigenvalue weighted by atomic mass is 9.84. The molecule has 1 aromatic carbocycles. The van der Waals surface area contributed by atoms with Crippen molar-refractivity contribution in [3.05, 3.63) is 41.7 Å². The van der Waals surface area contributed by atoms with Crippen molar-refractivity contribution in [2.24, 2.45) is 0 Å². The maximum Gasteiger partial charge on any atom is 0.221 e. The average molecular weight is 331 g/mol. The van der Waals surface area contributed by atoms with Gasteiger partial charge in [-0.25, -0.2) is 0 Å². The van der Waals surface area contributed by atoms with Crippen LogP contribution >= 0.6 is 0 Å². The summed E-state index contributed by atoms with van der Waals surface area (Å²) in [6, 6.07) is 7.96. The highest BCUT2D eigenvalue weighted by atomic mass is 32.2. The van der Waals surface area contributed by atoms with Crippen molar-refractivity contribution in [2.75, 3.05) is 6.26 Å². The van der Waals surface area contributed by atoms with E-state index in [1.54, 1.807) is 4.57 Å². The van der Waals surface area contributed by atoms with E-state index in [1.165, 1.54) is 50.3 Å². The second-order valence-corrected chi connectivity index (χ2v) is 7.35. The third kappa shape index (κ3) is 3.75. The molecule has 1 saturated carbocycles. The first-order chi connectivity index (χ1) is 11.1. The number of nitrogens with zero attached hydrogens (tertiary/aromatic N) is 3. The van der Waals surface area contributed by atoms with E-state index in [-0.39, 0.29) is 12.3 Å². The molecule has 0 saturated heterocycles. The molecule has 23 heavy (non-hydrogen) atoms. The van der Waals surface area contributed by atoms with Gasteiger partial charge in [0.15, 0.2) is 5.78 Å². The fourth-order valence-corrected chi connectivity index (χ4v) is 3.80. The first-order valence-electron chi connectivity index (χ1n) is 7.99. The van der Waals surface area contributed by atoms with E-state index >= 15 is 0 Å². The van der Waals surface area contributed by atoms with Gasteiger partial charge in [-0.2, -0.15) is 0 Å². The van der Waals surface area contributed by atoms with E-state index in [9.17, 15) is 9.00 Å². The number of hydrogen-bond donors (Lipinski definition) is 0. The quantitative estimate of drug-likeness (QED) is 0.790. The molecule has 0 aliphatic heterocycles. The molecular weight excluding hydrogens is 310 g/mol. The average Bonchev–Trinajstić information content (AvgIpc) is 3.04. The summed E-state index contributed by atoms with van der Waals surface area (Å²) in [5, 5.41) is 7.86. The van der Waals surface area contributed by atoms with Gasteiger partial charge in [0.1, 0.15) is 6.33 Å². The Hall–Kier alpha value is -1.82. The lowest BCUT2D eigenvalue weighted by Crippen LogP contribution is -2.13. The summed E-state index contributed by atoms with van der Waals surface area (Å²) in [7, 11) is -1.25. The lowest BCUT2D eigenvalue weighted by Gasteiger charge is -2.22. The Balaban J connectivity index is 1.70. The predicted octanol–water partition coefficient (Wildman–Crippen LogP) is 2.95. The van der Waals surface area contributed by atoms with E-state index in [0.717, 1.165) is 0 Å². The van der Waals surface area contributed by atoms with E-state index in [2.05, 4.69) is 22.3 Å². The maximum absolute atomic E-state index is 12.4. The topological polar surface area (TPSA) is 64.8 Å². The van der Waals surface area contributed by atoms with Gasteiger partial charge in [0.05, 0.1) is 17.3 Å². The molecule has 0 spiro atoms. The van der Waals surface area contributed by atoms with Crippen LogP contribution in [-0.4, -0.2) is 31.0 Å². The van der Waals surface area contributed by atoms with E-state index in [1.807, 2.05) is 12.1 Å². The van der Waals surface area contributed by atoms with Gasteiger partial charge in [0.2, 0.25) is 5.16 Å². The minimum absolute atomic E-state index is 0.0216. The summed E-state index contributed by atoms with van der Waals surface area (Å²) in [5.74, 6) is 0.617. The Kier molecular flexibility index (Phi) is 5.00. The van der Waals surface area contributed by atoms with Crippen LogP contribution in [0.3, 0.4) is 0 Å². The zero-order valence-electron chi connectivity index (χ0n) is 13.3. The van der Waals surface area contributed by atoms with Crippen molar-refractivity contribution >= 4 is 16.6 Å². The fourth-order valence-electron chi connectivity index (χ4n) is 3.20. The Morgan fingerprint density at radius 3 is 2.57 bits per heavy atom. The zero-order chi connectivity index (χ0) is 16.2. The SMILES string of the molecule is CS(=O)c1nncn1CC(=O)c1ccc(C2CCCCC2)cc1. The van der Waals surface area contributed by atoms with Crippen LogP contribution in [0, 0.1) is 0 Å². The van der Waals surface area contributed by atoms with Crippen LogP contribution in [0.5, 0.6) is 0 Å². The van der Waals surface area contributed by atoms with Gasteiger partial charge in [-0.1, -0.05) is 43.5 Å². The molecule has 1 aliphatic rings. The van der Waals surface area contributed by atoms with Crippen LogP contribution in [0.25, 0.3) is 0 Å². The minimum Gasteiger partial charge on any atom is -0.299 e. The molecule has 6 heteroatoms.